The highest BCUT2D eigenvalue weighted by molar-refractivity contribution is 5.74. The van der Waals surface area contributed by atoms with E-state index in [0.29, 0.717) is 5.92 Å². The number of hydrogen-bond acceptors (Lipinski definition) is 1. The van der Waals surface area contributed by atoms with Gasteiger partial charge in [0.2, 0.25) is 0 Å². The molecule has 0 unspecified atom stereocenters. The van der Waals surface area contributed by atoms with Gasteiger partial charge in [-0.15, -0.1) is 0 Å². The standard InChI is InChI=1S/C8H16N2O.C6H6.3C2H6/c1-4-7-5-9(2)8(11)10(3)6-7;1-2-4-6-5-3-1;3*1-2/h7H,4-6H2,1-3H3;1-6H;3*1-2H3. The topological polar surface area (TPSA) is 23.6 Å². The van der Waals surface area contributed by atoms with Gasteiger partial charge in [0.05, 0.1) is 0 Å². The second-order valence-corrected chi connectivity index (χ2v) is 4.47. The van der Waals surface area contributed by atoms with Crippen molar-refractivity contribution in [3.63, 3.8) is 0 Å². The van der Waals surface area contributed by atoms with Crippen LogP contribution in [0.1, 0.15) is 54.9 Å². The Morgan fingerprint density at radius 2 is 1.04 bits per heavy atom. The van der Waals surface area contributed by atoms with Crippen molar-refractivity contribution in [3.8, 4) is 0 Å². The minimum Gasteiger partial charge on any atom is -0.327 e. The molecule has 1 aliphatic heterocycles. The van der Waals surface area contributed by atoms with E-state index in [1.54, 1.807) is 9.80 Å². The molecule has 0 saturated carbocycles. The Hall–Kier alpha value is -1.51. The first-order chi connectivity index (χ1) is 11.1. The summed E-state index contributed by atoms with van der Waals surface area (Å²) in [4.78, 5) is 14.8. The second-order valence-electron chi connectivity index (χ2n) is 4.47. The van der Waals surface area contributed by atoms with E-state index in [1.807, 2.05) is 92.0 Å². The minimum atomic E-state index is 0.148. The summed E-state index contributed by atoms with van der Waals surface area (Å²) >= 11 is 0. The fourth-order valence-corrected chi connectivity index (χ4v) is 1.92. The summed E-state index contributed by atoms with van der Waals surface area (Å²) in [6.07, 6.45) is 1.15. The quantitative estimate of drug-likeness (QED) is 0.642. The lowest BCUT2D eigenvalue weighted by Gasteiger charge is -2.35. The molecule has 0 aliphatic carbocycles. The average molecular weight is 325 g/mol. The number of urea groups is 1. The summed E-state index contributed by atoms with van der Waals surface area (Å²) in [5.41, 5.74) is 0. The van der Waals surface area contributed by atoms with Crippen LogP contribution < -0.4 is 0 Å². The monoisotopic (exact) mass is 324 g/mol. The van der Waals surface area contributed by atoms with E-state index in [-0.39, 0.29) is 6.03 Å². The van der Waals surface area contributed by atoms with Gasteiger partial charge < -0.3 is 9.80 Å². The summed E-state index contributed by atoms with van der Waals surface area (Å²) in [5.74, 6) is 0.655. The van der Waals surface area contributed by atoms with Gasteiger partial charge in [-0.1, -0.05) is 84.9 Å². The van der Waals surface area contributed by atoms with Crippen LogP contribution in [-0.4, -0.2) is 43.0 Å². The fraction of sp³-hybridized carbons (Fsp3) is 0.650. The molecule has 0 bridgehead atoms. The summed E-state index contributed by atoms with van der Waals surface area (Å²) in [6, 6.07) is 12.1. The van der Waals surface area contributed by atoms with Crippen molar-refractivity contribution in [1.29, 1.82) is 0 Å². The summed E-state index contributed by atoms with van der Waals surface area (Å²) in [5, 5.41) is 0. The maximum absolute atomic E-state index is 11.2. The number of amides is 2. The molecule has 1 aromatic carbocycles. The van der Waals surface area contributed by atoms with Gasteiger partial charge in [0, 0.05) is 27.2 Å². The lowest BCUT2D eigenvalue weighted by atomic mass is 10.0. The van der Waals surface area contributed by atoms with Crippen molar-refractivity contribution in [2.75, 3.05) is 27.2 Å². The van der Waals surface area contributed by atoms with Gasteiger partial charge in [0.25, 0.3) is 0 Å². The number of rotatable bonds is 1. The number of carbonyl (C=O) groups excluding carboxylic acids is 1. The van der Waals surface area contributed by atoms with Crippen molar-refractivity contribution in [1.82, 2.24) is 9.80 Å². The molecule has 0 atom stereocenters. The molecule has 3 heteroatoms. The third-order valence-electron chi connectivity index (χ3n) is 2.96. The molecule has 2 amide bonds. The second kappa shape index (κ2) is 20.5. The molecule has 3 nitrogen and oxygen atoms in total. The normalized spacial score (nSPS) is 13.0. The lowest BCUT2D eigenvalue weighted by molar-refractivity contribution is 0.127. The molecule has 1 aliphatic rings. The van der Waals surface area contributed by atoms with Gasteiger partial charge >= 0.3 is 6.03 Å². The first-order valence-corrected chi connectivity index (χ1v) is 9.11. The molecular weight excluding hydrogens is 284 g/mol. The van der Waals surface area contributed by atoms with Crippen molar-refractivity contribution < 1.29 is 4.79 Å². The predicted molar refractivity (Wildman–Crippen MR) is 105 cm³/mol. The van der Waals surface area contributed by atoms with Crippen LogP contribution in [0.15, 0.2) is 36.4 Å². The lowest BCUT2D eigenvalue weighted by Crippen LogP contribution is -2.49. The molecule has 0 N–H and O–H groups in total. The van der Waals surface area contributed by atoms with Gasteiger partial charge in [0.1, 0.15) is 0 Å². The first kappa shape index (κ1) is 26.4. The molecule has 1 fully saturated rings. The highest BCUT2D eigenvalue weighted by atomic mass is 16.2. The Bertz CT molecular complexity index is 287. The summed E-state index contributed by atoms with van der Waals surface area (Å²) in [7, 11) is 3.72. The highest BCUT2D eigenvalue weighted by Crippen LogP contribution is 2.13. The van der Waals surface area contributed by atoms with Crippen molar-refractivity contribution in [2.24, 2.45) is 5.92 Å². The van der Waals surface area contributed by atoms with Crippen molar-refractivity contribution in [3.05, 3.63) is 36.4 Å². The van der Waals surface area contributed by atoms with Gasteiger partial charge in [-0.2, -0.15) is 0 Å². The van der Waals surface area contributed by atoms with Crippen LogP contribution in [0, 0.1) is 5.92 Å². The van der Waals surface area contributed by atoms with Crippen molar-refractivity contribution in [2.45, 2.75) is 54.9 Å². The van der Waals surface area contributed by atoms with Gasteiger partial charge in [-0.25, -0.2) is 4.79 Å². The molecule has 23 heavy (non-hydrogen) atoms. The van der Waals surface area contributed by atoms with E-state index in [9.17, 15) is 4.79 Å². The number of hydrogen-bond donors (Lipinski definition) is 0. The van der Waals surface area contributed by atoms with Crippen LogP contribution >= 0.6 is 0 Å². The Morgan fingerprint density at radius 3 is 1.26 bits per heavy atom. The first-order valence-electron chi connectivity index (χ1n) is 9.11. The van der Waals surface area contributed by atoms with E-state index in [0.717, 1.165) is 19.5 Å². The third kappa shape index (κ3) is 13.8. The minimum absolute atomic E-state index is 0.148. The Balaban J connectivity index is -0.000000282. The number of carbonyl (C=O) groups is 1. The van der Waals surface area contributed by atoms with Crippen LogP contribution in [-0.2, 0) is 0 Å². The van der Waals surface area contributed by atoms with Crippen LogP contribution in [0.5, 0.6) is 0 Å². The van der Waals surface area contributed by atoms with Gasteiger partial charge in [0.15, 0.2) is 0 Å². The van der Waals surface area contributed by atoms with E-state index >= 15 is 0 Å². The molecule has 1 aromatic rings. The predicted octanol–water partition coefficient (Wildman–Crippen LogP) is 5.78. The Kier molecular flexibility index (Phi) is 23.5. The van der Waals surface area contributed by atoms with E-state index < -0.39 is 0 Å². The van der Waals surface area contributed by atoms with Crippen LogP contribution in [0.2, 0.25) is 0 Å². The molecule has 1 saturated heterocycles. The zero-order chi connectivity index (χ0) is 18.7. The maximum Gasteiger partial charge on any atom is 0.319 e. The average Bonchev–Trinajstić information content (AvgIpc) is 2.66. The molecule has 0 radical (unpaired) electrons. The summed E-state index contributed by atoms with van der Waals surface area (Å²) in [6.45, 7) is 16.0. The number of nitrogens with zero attached hydrogens (tertiary/aromatic N) is 2. The van der Waals surface area contributed by atoms with Crippen LogP contribution in [0.3, 0.4) is 0 Å². The largest absolute Gasteiger partial charge is 0.327 e. The van der Waals surface area contributed by atoms with Crippen LogP contribution in [0.25, 0.3) is 0 Å². The van der Waals surface area contributed by atoms with Crippen molar-refractivity contribution >= 4 is 6.03 Å². The van der Waals surface area contributed by atoms with Gasteiger partial charge in [-0.05, 0) is 12.3 Å². The number of benzene rings is 1. The molecule has 136 valence electrons. The Labute approximate surface area is 145 Å². The summed E-state index contributed by atoms with van der Waals surface area (Å²) < 4.78 is 0. The zero-order valence-electron chi connectivity index (χ0n) is 17.0. The maximum atomic E-state index is 11.2. The molecule has 2 rings (SSSR count). The smallest absolute Gasteiger partial charge is 0.319 e. The van der Waals surface area contributed by atoms with E-state index in [2.05, 4.69) is 6.92 Å². The fourth-order valence-electron chi connectivity index (χ4n) is 1.92. The molecule has 1 heterocycles. The van der Waals surface area contributed by atoms with E-state index in [4.69, 9.17) is 0 Å². The van der Waals surface area contributed by atoms with Gasteiger partial charge in [-0.3, -0.25) is 0 Å². The molecule has 0 aromatic heterocycles. The Morgan fingerprint density at radius 1 is 0.783 bits per heavy atom. The zero-order valence-corrected chi connectivity index (χ0v) is 17.0. The highest BCUT2D eigenvalue weighted by Gasteiger charge is 2.25. The SMILES string of the molecule is CC.CC.CC.CCC1CN(C)C(=O)N(C)C1.c1ccccc1. The third-order valence-corrected chi connectivity index (χ3v) is 2.96. The molecular formula is C20H40N2O. The van der Waals surface area contributed by atoms with Crippen LogP contribution in [0.4, 0.5) is 4.79 Å². The molecule has 0 spiro atoms. The van der Waals surface area contributed by atoms with E-state index in [1.165, 1.54) is 0 Å².